The summed E-state index contributed by atoms with van der Waals surface area (Å²) in [5.41, 5.74) is 0. The maximum absolute atomic E-state index is 12.6. The van der Waals surface area contributed by atoms with Crippen LogP contribution in [0.15, 0.2) is 16.7 Å². The summed E-state index contributed by atoms with van der Waals surface area (Å²) >= 11 is 0. The van der Waals surface area contributed by atoms with Crippen molar-refractivity contribution in [3.05, 3.63) is 23.9 Å². The standard InChI is InChI=1S/C15H19N3O4/c1-8(2)13-16-12(17-22-13)11-4-3-7-18(11)14(19)9-5-6-10(9)15(20)21/h5-6,8-11H,3-4,7H2,1-2H3,(H,20,21)/t9-,10+,11?/m1/s1. The van der Waals surface area contributed by atoms with Crippen molar-refractivity contribution in [2.24, 2.45) is 11.8 Å². The quantitative estimate of drug-likeness (QED) is 0.851. The number of hydrogen-bond donors (Lipinski definition) is 1. The molecule has 1 aromatic rings. The Kier molecular flexibility index (Phi) is 3.72. The first-order chi connectivity index (χ1) is 10.5. The van der Waals surface area contributed by atoms with E-state index in [9.17, 15) is 9.59 Å². The lowest BCUT2D eigenvalue weighted by Crippen LogP contribution is -2.42. The summed E-state index contributed by atoms with van der Waals surface area (Å²) in [6, 6.07) is -0.216. The molecule has 0 saturated carbocycles. The van der Waals surface area contributed by atoms with E-state index in [2.05, 4.69) is 10.1 Å². The van der Waals surface area contributed by atoms with Crippen LogP contribution in [-0.2, 0) is 9.59 Å². The van der Waals surface area contributed by atoms with E-state index in [1.807, 2.05) is 13.8 Å². The van der Waals surface area contributed by atoms with Gasteiger partial charge in [-0.25, -0.2) is 0 Å². The van der Waals surface area contributed by atoms with E-state index in [0.717, 1.165) is 12.8 Å². The molecule has 1 N–H and O–H groups in total. The minimum absolute atomic E-state index is 0.137. The average Bonchev–Trinajstić information content (AvgIpc) is 3.05. The summed E-state index contributed by atoms with van der Waals surface area (Å²) in [6.07, 6.45) is 4.85. The summed E-state index contributed by atoms with van der Waals surface area (Å²) in [6.45, 7) is 4.53. The van der Waals surface area contributed by atoms with E-state index in [1.165, 1.54) is 0 Å². The van der Waals surface area contributed by atoms with Crippen LogP contribution in [0.25, 0.3) is 0 Å². The fourth-order valence-electron chi connectivity index (χ4n) is 2.91. The molecule has 1 amide bonds. The third kappa shape index (κ3) is 2.40. The number of likely N-dealkylation sites (tertiary alicyclic amines) is 1. The van der Waals surface area contributed by atoms with E-state index < -0.39 is 17.8 Å². The lowest BCUT2D eigenvalue weighted by Gasteiger charge is -2.31. The van der Waals surface area contributed by atoms with E-state index in [4.69, 9.17) is 9.63 Å². The van der Waals surface area contributed by atoms with Crippen molar-refractivity contribution in [2.45, 2.75) is 38.6 Å². The number of carbonyl (C=O) groups is 2. The summed E-state index contributed by atoms with van der Waals surface area (Å²) in [7, 11) is 0. The molecule has 7 nitrogen and oxygen atoms in total. The van der Waals surface area contributed by atoms with Gasteiger partial charge in [0.25, 0.3) is 0 Å². The third-order valence-electron chi connectivity index (χ3n) is 4.27. The average molecular weight is 305 g/mol. The van der Waals surface area contributed by atoms with E-state index in [1.54, 1.807) is 17.1 Å². The van der Waals surface area contributed by atoms with Gasteiger partial charge in [-0.3, -0.25) is 9.59 Å². The van der Waals surface area contributed by atoms with Crippen molar-refractivity contribution in [3.8, 4) is 0 Å². The fraction of sp³-hybridized carbons (Fsp3) is 0.600. The Labute approximate surface area is 128 Å². The molecule has 22 heavy (non-hydrogen) atoms. The lowest BCUT2D eigenvalue weighted by atomic mass is 9.81. The van der Waals surface area contributed by atoms with E-state index >= 15 is 0 Å². The number of hydrogen-bond acceptors (Lipinski definition) is 5. The van der Waals surface area contributed by atoms with Crippen molar-refractivity contribution in [1.29, 1.82) is 0 Å². The minimum Gasteiger partial charge on any atom is -0.481 e. The number of aromatic nitrogens is 2. The van der Waals surface area contributed by atoms with Crippen molar-refractivity contribution >= 4 is 11.9 Å². The monoisotopic (exact) mass is 305 g/mol. The second kappa shape index (κ2) is 5.55. The Hall–Kier alpha value is -2.18. The van der Waals surface area contributed by atoms with Gasteiger partial charge in [-0.1, -0.05) is 31.2 Å². The molecule has 3 atom stereocenters. The highest BCUT2D eigenvalue weighted by Crippen LogP contribution is 2.36. The molecule has 3 rings (SSSR count). The Bertz CT molecular complexity index is 622. The first-order valence-electron chi connectivity index (χ1n) is 7.54. The van der Waals surface area contributed by atoms with Gasteiger partial charge in [0.2, 0.25) is 11.8 Å². The van der Waals surface area contributed by atoms with Gasteiger partial charge in [-0.05, 0) is 12.8 Å². The number of amides is 1. The summed E-state index contributed by atoms with van der Waals surface area (Å²) in [5.74, 6) is -1.20. The van der Waals surface area contributed by atoms with Crippen molar-refractivity contribution in [2.75, 3.05) is 6.54 Å². The SMILES string of the molecule is CC(C)c1nc(C2CCCN2C(=O)[C@@H]2C=C[C@@H]2C(=O)O)no1. The molecule has 1 unspecified atom stereocenters. The molecule has 2 aliphatic rings. The van der Waals surface area contributed by atoms with Crippen molar-refractivity contribution in [3.63, 3.8) is 0 Å². The van der Waals surface area contributed by atoms with Gasteiger partial charge in [0.15, 0.2) is 5.82 Å². The van der Waals surface area contributed by atoms with Crippen LogP contribution in [0.4, 0.5) is 0 Å². The van der Waals surface area contributed by atoms with Crippen LogP contribution >= 0.6 is 0 Å². The van der Waals surface area contributed by atoms with Gasteiger partial charge >= 0.3 is 5.97 Å². The van der Waals surface area contributed by atoms with Crippen molar-refractivity contribution in [1.82, 2.24) is 15.0 Å². The van der Waals surface area contributed by atoms with Crippen LogP contribution in [0.1, 0.15) is 50.4 Å². The Morgan fingerprint density at radius 3 is 2.64 bits per heavy atom. The predicted molar refractivity (Wildman–Crippen MR) is 75.8 cm³/mol. The van der Waals surface area contributed by atoms with E-state index in [0.29, 0.717) is 18.3 Å². The Balaban J connectivity index is 1.77. The number of nitrogens with zero attached hydrogens (tertiary/aromatic N) is 3. The van der Waals surface area contributed by atoms with Gasteiger partial charge in [0.1, 0.15) is 0 Å². The molecule has 2 heterocycles. The van der Waals surface area contributed by atoms with Gasteiger partial charge in [-0.15, -0.1) is 0 Å². The van der Waals surface area contributed by atoms with Crippen LogP contribution in [-0.4, -0.2) is 38.6 Å². The molecular formula is C15H19N3O4. The molecule has 1 fully saturated rings. The number of carboxylic acid groups (broad SMARTS) is 1. The van der Waals surface area contributed by atoms with Crippen LogP contribution in [0.2, 0.25) is 0 Å². The molecule has 1 aliphatic carbocycles. The molecule has 1 saturated heterocycles. The van der Waals surface area contributed by atoms with Crippen LogP contribution in [0.3, 0.4) is 0 Å². The van der Waals surface area contributed by atoms with Crippen LogP contribution in [0, 0.1) is 11.8 Å². The Morgan fingerprint density at radius 2 is 2.09 bits per heavy atom. The molecule has 118 valence electrons. The molecule has 0 radical (unpaired) electrons. The smallest absolute Gasteiger partial charge is 0.311 e. The van der Waals surface area contributed by atoms with Crippen molar-refractivity contribution < 1.29 is 19.2 Å². The lowest BCUT2D eigenvalue weighted by molar-refractivity contribution is -0.148. The molecule has 1 aliphatic heterocycles. The largest absolute Gasteiger partial charge is 0.481 e. The predicted octanol–water partition coefficient (Wildman–Crippen LogP) is 1.74. The van der Waals surface area contributed by atoms with Gasteiger partial charge in [0.05, 0.1) is 17.9 Å². The maximum atomic E-state index is 12.6. The second-order valence-corrected chi connectivity index (χ2v) is 6.11. The first-order valence-corrected chi connectivity index (χ1v) is 7.54. The minimum atomic E-state index is -0.960. The normalized spacial score (nSPS) is 27.2. The second-order valence-electron chi connectivity index (χ2n) is 6.11. The molecule has 0 bridgehead atoms. The summed E-state index contributed by atoms with van der Waals surface area (Å²) in [5, 5.41) is 13.1. The van der Waals surface area contributed by atoms with E-state index in [-0.39, 0.29) is 17.9 Å². The number of rotatable bonds is 4. The van der Waals surface area contributed by atoms with Crippen LogP contribution < -0.4 is 0 Å². The highest BCUT2D eigenvalue weighted by atomic mass is 16.5. The highest BCUT2D eigenvalue weighted by molar-refractivity contribution is 5.90. The maximum Gasteiger partial charge on any atom is 0.311 e. The number of carboxylic acids is 1. The number of carbonyl (C=O) groups excluding carboxylic acids is 1. The van der Waals surface area contributed by atoms with Gasteiger partial charge in [-0.2, -0.15) is 4.98 Å². The summed E-state index contributed by atoms with van der Waals surface area (Å²) < 4.78 is 5.22. The van der Waals surface area contributed by atoms with Crippen LogP contribution in [0.5, 0.6) is 0 Å². The zero-order valence-corrected chi connectivity index (χ0v) is 12.6. The zero-order chi connectivity index (χ0) is 15.9. The van der Waals surface area contributed by atoms with Gasteiger partial charge in [0, 0.05) is 12.5 Å². The molecule has 0 aromatic carbocycles. The summed E-state index contributed by atoms with van der Waals surface area (Å²) in [4.78, 5) is 29.7. The molecule has 7 heteroatoms. The zero-order valence-electron chi connectivity index (χ0n) is 12.6. The topological polar surface area (TPSA) is 96.5 Å². The molecule has 0 spiro atoms. The highest BCUT2D eigenvalue weighted by Gasteiger charge is 2.42. The van der Waals surface area contributed by atoms with Gasteiger partial charge < -0.3 is 14.5 Å². The number of aliphatic carboxylic acids is 1. The first kappa shape index (κ1) is 14.7. The molecule has 1 aromatic heterocycles. The Morgan fingerprint density at radius 1 is 1.36 bits per heavy atom. The fourth-order valence-corrected chi connectivity index (χ4v) is 2.91. The third-order valence-corrected chi connectivity index (χ3v) is 4.27. The molecular weight excluding hydrogens is 286 g/mol.